The van der Waals surface area contributed by atoms with E-state index in [4.69, 9.17) is 0 Å². The summed E-state index contributed by atoms with van der Waals surface area (Å²) in [6, 6.07) is 30.5. The molecule has 2 N–H and O–H groups in total. The molecule has 1 amide bonds. The molecular weight excluding hydrogens is 492 g/mol. The maximum Gasteiger partial charge on any atom is 0.268 e. The molecule has 40 heavy (non-hydrogen) atoms. The van der Waals surface area contributed by atoms with Gasteiger partial charge in [-0.15, -0.1) is 0 Å². The van der Waals surface area contributed by atoms with Crippen LogP contribution in [0.25, 0.3) is 10.9 Å². The molecule has 6 rings (SSSR count). The van der Waals surface area contributed by atoms with E-state index in [1.807, 2.05) is 0 Å². The number of hydrogen-bond acceptors (Lipinski definition) is 3. The number of fused-ring (bicyclic) bond motifs is 1. The van der Waals surface area contributed by atoms with E-state index in [1.165, 1.54) is 48.6 Å². The molecule has 0 saturated carbocycles. The molecule has 208 valence electrons. The summed E-state index contributed by atoms with van der Waals surface area (Å²) in [6.07, 6.45) is 7.31. The number of carbonyl (C=O) groups excluding carboxylic acids is 1. The molecule has 1 aromatic heterocycles. The third-order valence-corrected chi connectivity index (χ3v) is 8.81. The maximum absolute atomic E-state index is 14.3. The highest BCUT2D eigenvalue weighted by Crippen LogP contribution is 2.40. The molecule has 3 aromatic carbocycles. The molecule has 1 unspecified atom stereocenters. The summed E-state index contributed by atoms with van der Waals surface area (Å²) < 4.78 is 2.32. The average Bonchev–Trinajstić information content (AvgIpc) is 3.64. The Bertz CT molecular complexity index is 1350. The molecule has 4 aromatic rings. The van der Waals surface area contributed by atoms with Crippen molar-refractivity contribution in [2.75, 3.05) is 32.7 Å². The van der Waals surface area contributed by atoms with Gasteiger partial charge in [-0.2, -0.15) is 0 Å². The van der Waals surface area contributed by atoms with Crippen molar-refractivity contribution >= 4 is 16.8 Å². The number of likely N-dealkylation sites (tertiary alicyclic amines) is 1. The molecule has 1 atom stereocenters. The van der Waals surface area contributed by atoms with Crippen molar-refractivity contribution in [3.05, 3.63) is 107 Å². The Labute approximate surface area is 238 Å². The van der Waals surface area contributed by atoms with Gasteiger partial charge in [0.15, 0.2) is 0 Å². The van der Waals surface area contributed by atoms with E-state index in [0.29, 0.717) is 12.6 Å². The van der Waals surface area contributed by atoms with Crippen molar-refractivity contribution in [1.82, 2.24) is 20.1 Å². The minimum absolute atomic E-state index is 0.0407. The van der Waals surface area contributed by atoms with Crippen molar-refractivity contribution in [2.45, 2.75) is 57.0 Å². The SMILES string of the molecule is O=C(NCCN1CCCCC1)c1c(C(c2ccccc2)c2ccccc2)c2ccccc2n1CCC1CCCN1. The van der Waals surface area contributed by atoms with E-state index in [2.05, 4.69) is 105 Å². The predicted octanol–water partition coefficient (Wildman–Crippen LogP) is 6.18. The van der Waals surface area contributed by atoms with E-state index in [-0.39, 0.29) is 11.8 Å². The Hall–Kier alpha value is -3.41. The number of amides is 1. The highest BCUT2D eigenvalue weighted by atomic mass is 16.2. The largest absolute Gasteiger partial charge is 0.349 e. The van der Waals surface area contributed by atoms with Crippen molar-refractivity contribution in [3.63, 3.8) is 0 Å². The van der Waals surface area contributed by atoms with Gasteiger partial charge in [-0.1, -0.05) is 85.3 Å². The molecule has 0 bridgehead atoms. The quantitative estimate of drug-likeness (QED) is 0.255. The molecule has 2 aliphatic heterocycles. The number of para-hydroxylation sites is 1. The second kappa shape index (κ2) is 12.8. The van der Waals surface area contributed by atoms with Gasteiger partial charge < -0.3 is 20.1 Å². The predicted molar refractivity (Wildman–Crippen MR) is 164 cm³/mol. The summed E-state index contributed by atoms with van der Waals surface area (Å²) in [6.45, 7) is 5.78. The first-order chi connectivity index (χ1) is 19.8. The van der Waals surface area contributed by atoms with Crippen LogP contribution in [0.1, 0.15) is 71.6 Å². The minimum atomic E-state index is -0.0407. The van der Waals surface area contributed by atoms with Crippen molar-refractivity contribution in [3.8, 4) is 0 Å². The van der Waals surface area contributed by atoms with Crippen LogP contribution in [0.15, 0.2) is 84.9 Å². The number of nitrogens with zero attached hydrogens (tertiary/aromatic N) is 2. The first-order valence-electron chi connectivity index (χ1n) is 15.2. The number of nitrogens with one attached hydrogen (secondary N) is 2. The van der Waals surface area contributed by atoms with Gasteiger partial charge in [-0.25, -0.2) is 0 Å². The maximum atomic E-state index is 14.3. The lowest BCUT2D eigenvalue weighted by molar-refractivity contribution is 0.0936. The molecule has 5 heteroatoms. The lowest BCUT2D eigenvalue weighted by Crippen LogP contribution is -2.38. The molecule has 2 aliphatic rings. The zero-order valence-electron chi connectivity index (χ0n) is 23.5. The Morgan fingerprint density at radius 1 is 0.825 bits per heavy atom. The van der Waals surface area contributed by atoms with Crippen LogP contribution >= 0.6 is 0 Å². The second-order valence-corrected chi connectivity index (χ2v) is 11.4. The van der Waals surface area contributed by atoms with Gasteiger partial charge in [-0.05, 0) is 68.9 Å². The first kappa shape index (κ1) is 26.8. The molecule has 0 spiro atoms. The van der Waals surface area contributed by atoms with Crippen LogP contribution in [0.2, 0.25) is 0 Å². The van der Waals surface area contributed by atoms with Gasteiger partial charge in [-0.3, -0.25) is 4.79 Å². The van der Waals surface area contributed by atoms with Gasteiger partial charge in [0.25, 0.3) is 5.91 Å². The number of hydrogen-bond donors (Lipinski definition) is 2. The molecule has 3 heterocycles. The van der Waals surface area contributed by atoms with Crippen LogP contribution in [0.5, 0.6) is 0 Å². The lowest BCUT2D eigenvalue weighted by atomic mass is 9.83. The van der Waals surface area contributed by atoms with Crippen molar-refractivity contribution < 1.29 is 4.79 Å². The fourth-order valence-corrected chi connectivity index (χ4v) is 6.80. The Kier molecular flexibility index (Phi) is 8.60. The van der Waals surface area contributed by atoms with Gasteiger partial charge in [0.05, 0.1) is 0 Å². The standard InChI is InChI=1S/C35H42N4O/c40-35(37-22-26-38-23-10-3-11-24-38)34-33(32(27-13-4-1-5-14-27)28-15-6-2-7-16-28)30-18-8-9-19-31(30)39(34)25-20-29-17-12-21-36-29/h1-2,4-9,13-16,18-19,29,32,36H,3,10-12,17,20-26H2,(H,37,40). The summed E-state index contributed by atoms with van der Waals surface area (Å²) in [5.74, 6) is 0.000419. The molecule has 0 radical (unpaired) electrons. The number of aryl methyl sites for hydroxylation is 1. The number of piperidine rings is 1. The van der Waals surface area contributed by atoms with E-state index >= 15 is 0 Å². The summed E-state index contributed by atoms with van der Waals surface area (Å²) in [5.41, 5.74) is 5.49. The van der Waals surface area contributed by atoms with E-state index in [0.717, 1.165) is 55.9 Å². The smallest absolute Gasteiger partial charge is 0.268 e. The monoisotopic (exact) mass is 534 g/mol. The number of rotatable bonds is 10. The van der Waals surface area contributed by atoms with Crippen molar-refractivity contribution in [2.24, 2.45) is 0 Å². The second-order valence-electron chi connectivity index (χ2n) is 11.4. The number of aromatic nitrogens is 1. The zero-order valence-corrected chi connectivity index (χ0v) is 23.5. The van der Waals surface area contributed by atoms with Gasteiger partial charge >= 0.3 is 0 Å². The Morgan fingerprint density at radius 2 is 1.50 bits per heavy atom. The highest BCUT2D eigenvalue weighted by Gasteiger charge is 2.30. The third-order valence-electron chi connectivity index (χ3n) is 8.81. The normalized spacial score (nSPS) is 18.0. The number of benzene rings is 3. The topological polar surface area (TPSA) is 49.3 Å². The molecule has 2 saturated heterocycles. The fourth-order valence-electron chi connectivity index (χ4n) is 6.80. The lowest BCUT2D eigenvalue weighted by Gasteiger charge is -2.26. The van der Waals surface area contributed by atoms with Gasteiger partial charge in [0, 0.05) is 48.1 Å². The van der Waals surface area contributed by atoms with Crippen LogP contribution in [0.3, 0.4) is 0 Å². The van der Waals surface area contributed by atoms with Crippen LogP contribution < -0.4 is 10.6 Å². The Balaban J connectivity index is 1.44. The van der Waals surface area contributed by atoms with E-state index in [9.17, 15) is 4.79 Å². The fraction of sp³-hybridized carbons (Fsp3) is 0.400. The molecular formula is C35H42N4O. The third kappa shape index (κ3) is 5.86. The average molecular weight is 535 g/mol. The number of carbonyl (C=O) groups is 1. The van der Waals surface area contributed by atoms with Crippen molar-refractivity contribution in [1.29, 1.82) is 0 Å². The highest BCUT2D eigenvalue weighted by molar-refractivity contribution is 6.02. The van der Waals surface area contributed by atoms with E-state index in [1.54, 1.807) is 0 Å². The summed E-state index contributed by atoms with van der Waals surface area (Å²) >= 11 is 0. The van der Waals surface area contributed by atoms with Gasteiger partial charge in [0.2, 0.25) is 0 Å². The zero-order chi connectivity index (χ0) is 27.1. The summed E-state index contributed by atoms with van der Waals surface area (Å²) in [5, 5.41) is 8.18. The van der Waals surface area contributed by atoms with Crippen LogP contribution in [0.4, 0.5) is 0 Å². The van der Waals surface area contributed by atoms with Crippen LogP contribution in [-0.4, -0.2) is 54.1 Å². The molecule has 5 nitrogen and oxygen atoms in total. The first-order valence-corrected chi connectivity index (χ1v) is 15.2. The van der Waals surface area contributed by atoms with E-state index < -0.39 is 0 Å². The summed E-state index contributed by atoms with van der Waals surface area (Å²) in [7, 11) is 0. The van der Waals surface area contributed by atoms with Crippen LogP contribution in [0, 0.1) is 0 Å². The van der Waals surface area contributed by atoms with Gasteiger partial charge in [0.1, 0.15) is 5.69 Å². The molecule has 2 fully saturated rings. The minimum Gasteiger partial charge on any atom is -0.349 e. The Morgan fingerprint density at radius 3 is 2.17 bits per heavy atom. The van der Waals surface area contributed by atoms with Crippen LogP contribution in [-0.2, 0) is 6.54 Å². The summed E-state index contributed by atoms with van der Waals surface area (Å²) in [4.78, 5) is 16.8. The molecule has 0 aliphatic carbocycles.